The van der Waals surface area contributed by atoms with E-state index in [9.17, 15) is 4.79 Å². The molecular weight excluding hydrogens is 268 g/mol. The highest BCUT2D eigenvalue weighted by Gasteiger charge is 2.14. The van der Waals surface area contributed by atoms with Crippen LogP contribution >= 0.6 is 15.9 Å². The molecule has 78 valence electrons. The van der Waals surface area contributed by atoms with Crippen LogP contribution in [0.4, 0.5) is 0 Å². The summed E-state index contributed by atoms with van der Waals surface area (Å²) in [5.74, 6) is -0.328. The van der Waals surface area contributed by atoms with E-state index in [1.165, 1.54) is 0 Å². The van der Waals surface area contributed by atoms with Gasteiger partial charge in [-0.3, -0.25) is 4.79 Å². The molecule has 0 aliphatic rings. The van der Waals surface area contributed by atoms with Gasteiger partial charge in [0, 0.05) is 0 Å². The van der Waals surface area contributed by atoms with E-state index in [1.807, 2.05) is 0 Å². The molecule has 0 radical (unpaired) electrons. The van der Waals surface area contributed by atoms with Gasteiger partial charge in [0.25, 0.3) is 0 Å². The molecule has 2 aromatic rings. The maximum atomic E-state index is 10.5. The zero-order valence-corrected chi connectivity index (χ0v) is 8.88. The number of hydrogen-bond acceptors (Lipinski definition) is 5. The van der Waals surface area contributed by atoms with Gasteiger partial charge in [0.15, 0.2) is 10.4 Å². The predicted octanol–water partition coefficient (Wildman–Crippen LogP) is 0.780. The number of carboxylic acids is 1. The fourth-order valence-electron chi connectivity index (χ4n) is 1.05. The van der Waals surface area contributed by atoms with Gasteiger partial charge in [-0.25, -0.2) is 4.68 Å². The van der Waals surface area contributed by atoms with Crippen molar-refractivity contribution in [1.29, 1.82) is 0 Å². The lowest BCUT2D eigenvalue weighted by molar-refractivity contribution is -0.137. The second kappa shape index (κ2) is 3.81. The van der Waals surface area contributed by atoms with Crippen LogP contribution in [0.15, 0.2) is 21.2 Å². The summed E-state index contributed by atoms with van der Waals surface area (Å²) < 4.78 is 6.89. The van der Waals surface area contributed by atoms with Gasteiger partial charge in [0.05, 0.1) is 0 Å². The third-order valence-electron chi connectivity index (χ3n) is 1.61. The van der Waals surface area contributed by atoms with Gasteiger partial charge >= 0.3 is 5.97 Å². The molecule has 0 amide bonds. The molecule has 0 saturated carbocycles. The number of tetrazole rings is 1. The van der Waals surface area contributed by atoms with Gasteiger partial charge in [0.2, 0.25) is 5.82 Å². The topological polar surface area (TPSA) is 94.0 Å². The molecule has 0 atom stereocenters. The first-order valence-electron chi connectivity index (χ1n) is 3.90. The lowest BCUT2D eigenvalue weighted by Gasteiger charge is -1.97. The van der Waals surface area contributed by atoms with E-state index in [0.29, 0.717) is 10.4 Å². The minimum absolute atomic E-state index is 0.281. The second-order valence-electron chi connectivity index (χ2n) is 2.66. The van der Waals surface area contributed by atoms with Crippen LogP contribution in [0, 0.1) is 0 Å². The van der Waals surface area contributed by atoms with Crippen LogP contribution in [0.3, 0.4) is 0 Å². The third kappa shape index (κ3) is 2.04. The number of rotatable bonds is 3. The minimum Gasteiger partial charge on any atom is -0.480 e. The van der Waals surface area contributed by atoms with Gasteiger partial charge < -0.3 is 9.52 Å². The summed E-state index contributed by atoms with van der Waals surface area (Å²) in [6.07, 6.45) is 0. The summed E-state index contributed by atoms with van der Waals surface area (Å²) in [7, 11) is 0. The molecule has 0 aliphatic heterocycles. The largest absolute Gasteiger partial charge is 0.480 e. The Kier molecular flexibility index (Phi) is 2.50. The Labute approximate surface area is 91.8 Å². The van der Waals surface area contributed by atoms with Crippen LogP contribution < -0.4 is 0 Å². The number of furan rings is 1. The lowest BCUT2D eigenvalue weighted by Crippen LogP contribution is -2.11. The molecule has 0 unspecified atom stereocenters. The summed E-state index contributed by atoms with van der Waals surface area (Å²) in [6, 6.07) is 3.32. The quantitative estimate of drug-likeness (QED) is 0.888. The van der Waals surface area contributed by atoms with Crippen molar-refractivity contribution in [3.8, 4) is 11.6 Å². The molecule has 2 rings (SSSR count). The van der Waals surface area contributed by atoms with Gasteiger partial charge in [0.1, 0.15) is 6.54 Å². The third-order valence-corrected chi connectivity index (χ3v) is 2.04. The van der Waals surface area contributed by atoms with E-state index in [-0.39, 0.29) is 12.4 Å². The van der Waals surface area contributed by atoms with Crippen molar-refractivity contribution in [2.24, 2.45) is 0 Å². The van der Waals surface area contributed by atoms with Gasteiger partial charge in [-0.05, 0) is 38.5 Å². The summed E-state index contributed by atoms with van der Waals surface area (Å²) in [5, 5.41) is 19.2. The first-order chi connectivity index (χ1) is 7.16. The van der Waals surface area contributed by atoms with Crippen LogP contribution in [-0.2, 0) is 11.3 Å². The lowest BCUT2D eigenvalue weighted by atomic mass is 10.4. The molecule has 0 bridgehead atoms. The number of halogens is 1. The normalized spacial score (nSPS) is 10.5. The molecule has 8 heteroatoms. The van der Waals surface area contributed by atoms with E-state index in [2.05, 4.69) is 31.5 Å². The Bertz CT molecular complexity index is 492. The Morgan fingerprint density at radius 1 is 1.60 bits per heavy atom. The van der Waals surface area contributed by atoms with E-state index in [1.54, 1.807) is 12.1 Å². The van der Waals surface area contributed by atoms with Crippen molar-refractivity contribution in [1.82, 2.24) is 20.2 Å². The fourth-order valence-corrected chi connectivity index (χ4v) is 1.36. The van der Waals surface area contributed by atoms with Crippen LogP contribution in [0.25, 0.3) is 11.6 Å². The maximum Gasteiger partial charge on any atom is 0.325 e. The number of aromatic nitrogens is 4. The molecule has 0 fully saturated rings. The average molecular weight is 273 g/mol. The number of carboxylic acid groups (broad SMARTS) is 1. The fraction of sp³-hybridized carbons (Fsp3) is 0.143. The number of hydrogen-bond donors (Lipinski definition) is 1. The Morgan fingerprint density at radius 2 is 2.40 bits per heavy atom. The highest BCUT2D eigenvalue weighted by atomic mass is 79.9. The van der Waals surface area contributed by atoms with Crippen LogP contribution in [0.1, 0.15) is 0 Å². The Hall–Kier alpha value is -1.70. The highest BCUT2D eigenvalue weighted by molar-refractivity contribution is 9.10. The van der Waals surface area contributed by atoms with Crippen molar-refractivity contribution in [2.45, 2.75) is 6.54 Å². The highest BCUT2D eigenvalue weighted by Crippen LogP contribution is 2.22. The first-order valence-corrected chi connectivity index (χ1v) is 4.70. The zero-order valence-electron chi connectivity index (χ0n) is 7.29. The average Bonchev–Trinajstić information content (AvgIpc) is 2.72. The molecule has 2 heterocycles. The molecule has 2 aromatic heterocycles. The van der Waals surface area contributed by atoms with Crippen LogP contribution in [0.2, 0.25) is 0 Å². The Morgan fingerprint density at radius 3 is 3.00 bits per heavy atom. The number of nitrogens with zero attached hydrogens (tertiary/aromatic N) is 4. The van der Waals surface area contributed by atoms with Crippen LogP contribution in [-0.4, -0.2) is 31.3 Å². The van der Waals surface area contributed by atoms with Gasteiger partial charge in [-0.15, -0.1) is 5.10 Å². The maximum absolute atomic E-state index is 10.5. The SMILES string of the molecule is O=C(O)Cn1nnnc1-c1ccc(Br)o1. The standard InChI is InChI=1S/C7H5BrN4O3/c8-5-2-1-4(15-5)7-9-10-11-12(7)3-6(13)14/h1-2H,3H2,(H,13,14). The zero-order chi connectivity index (χ0) is 10.8. The molecule has 7 nitrogen and oxygen atoms in total. The molecular formula is C7H5BrN4O3. The number of carbonyl (C=O) groups is 1. The summed E-state index contributed by atoms with van der Waals surface area (Å²) in [5.41, 5.74) is 0. The molecule has 15 heavy (non-hydrogen) atoms. The van der Waals surface area contributed by atoms with Crippen molar-refractivity contribution in [2.75, 3.05) is 0 Å². The van der Waals surface area contributed by atoms with Gasteiger partial charge in [-0.2, -0.15) is 0 Å². The van der Waals surface area contributed by atoms with E-state index in [0.717, 1.165) is 4.68 Å². The second-order valence-corrected chi connectivity index (χ2v) is 3.44. The molecule has 0 aliphatic carbocycles. The molecule has 0 saturated heterocycles. The van der Waals surface area contributed by atoms with Crippen molar-refractivity contribution < 1.29 is 14.3 Å². The number of aliphatic carboxylic acids is 1. The van der Waals surface area contributed by atoms with Gasteiger partial charge in [-0.1, -0.05) is 0 Å². The summed E-state index contributed by atoms with van der Waals surface area (Å²) in [6.45, 7) is -0.305. The van der Waals surface area contributed by atoms with Crippen molar-refractivity contribution in [3.05, 3.63) is 16.8 Å². The summed E-state index contributed by atoms with van der Waals surface area (Å²) in [4.78, 5) is 10.5. The summed E-state index contributed by atoms with van der Waals surface area (Å²) >= 11 is 3.13. The van der Waals surface area contributed by atoms with E-state index in [4.69, 9.17) is 9.52 Å². The minimum atomic E-state index is -1.02. The van der Waals surface area contributed by atoms with E-state index >= 15 is 0 Å². The molecule has 0 spiro atoms. The van der Waals surface area contributed by atoms with Crippen molar-refractivity contribution >= 4 is 21.9 Å². The smallest absolute Gasteiger partial charge is 0.325 e. The molecule has 1 N–H and O–H groups in total. The predicted molar refractivity (Wildman–Crippen MR) is 50.9 cm³/mol. The molecule has 0 aromatic carbocycles. The Balaban J connectivity index is 2.36. The first kappa shape index (κ1) is 9.84. The van der Waals surface area contributed by atoms with Crippen LogP contribution in [0.5, 0.6) is 0 Å². The monoisotopic (exact) mass is 272 g/mol. The van der Waals surface area contributed by atoms with Crippen molar-refractivity contribution in [3.63, 3.8) is 0 Å². The van der Waals surface area contributed by atoms with E-state index < -0.39 is 5.97 Å².